The molecule has 28 heavy (non-hydrogen) atoms. The maximum atomic E-state index is 14.4. The number of hydrogen-bond donors (Lipinski definition) is 2. The number of hydrogen-bond acceptors (Lipinski definition) is 3. The van der Waals surface area contributed by atoms with Gasteiger partial charge in [-0.2, -0.15) is 0 Å². The summed E-state index contributed by atoms with van der Waals surface area (Å²) in [5.41, 5.74) is 1.47. The molecule has 4 rings (SSSR count). The van der Waals surface area contributed by atoms with Crippen LogP contribution in [0, 0.1) is 16.4 Å². The Hall–Kier alpha value is -1.77. The van der Waals surface area contributed by atoms with Crippen LogP contribution in [0.2, 0.25) is 5.02 Å². The molecule has 2 N–H and O–H groups in total. The molecule has 2 atom stereocenters. The van der Waals surface area contributed by atoms with Crippen molar-refractivity contribution in [3.63, 3.8) is 0 Å². The number of carbonyl (C=O) groups excluding carboxylic acids is 1. The first-order valence-electron chi connectivity index (χ1n) is 9.25. The van der Waals surface area contributed by atoms with Crippen LogP contribution in [-0.2, 0) is 28.9 Å². The number of amides is 1. The van der Waals surface area contributed by atoms with Crippen molar-refractivity contribution in [2.75, 3.05) is 13.2 Å². The summed E-state index contributed by atoms with van der Waals surface area (Å²) < 4.78 is 36.3. The largest absolute Gasteiger partial charge is 0.379 e. The van der Waals surface area contributed by atoms with Crippen molar-refractivity contribution in [3.05, 3.63) is 50.5 Å². The number of rotatable bonds is 4. The van der Waals surface area contributed by atoms with Gasteiger partial charge in [-0.25, -0.2) is 8.78 Å². The van der Waals surface area contributed by atoms with Gasteiger partial charge in [0.2, 0.25) is 5.91 Å². The topological polar surface area (TPSA) is 59.0 Å². The Bertz CT molecular complexity index is 969. The second-order valence-corrected chi connectivity index (χ2v) is 8.08. The maximum absolute atomic E-state index is 14.4. The number of benzene rings is 1. The van der Waals surface area contributed by atoms with E-state index in [9.17, 15) is 13.6 Å². The third kappa shape index (κ3) is 3.73. The molecule has 1 amide bonds. The van der Waals surface area contributed by atoms with Gasteiger partial charge in [-0.1, -0.05) is 11.6 Å². The van der Waals surface area contributed by atoms with E-state index in [1.54, 1.807) is 0 Å². The van der Waals surface area contributed by atoms with Crippen LogP contribution < -0.4 is 5.32 Å². The molecular weight excluding hydrogens is 408 g/mol. The molecule has 0 saturated carbocycles. The van der Waals surface area contributed by atoms with Crippen LogP contribution in [0.15, 0.2) is 12.1 Å². The van der Waals surface area contributed by atoms with Gasteiger partial charge in [0.15, 0.2) is 4.77 Å². The van der Waals surface area contributed by atoms with Crippen LogP contribution in [0.5, 0.6) is 0 Å². The van der Waals surface area contributed by atoms with Crippen LogP contribution in [-0.4, -0.2) is 34.7 Å². The van der Waals surface area contributed by atoms with Gasteiger partial charge < -0.3 is 19.6 Å². The molecule has 150 valence electrons. The third-order valence-electron chi connectivity index (χ3n) is 5.37. The van der Waals surface area contributed by atoms with E-state index in [0.29, 0.717) is 30.0 Å². The fourth-order valence-electron chi connectivity index (χ4n) is 4.05. The lowest BCUT2D eigenvalue weighted by molar-refractivity contribution is -0.122. The molecule has 0 spiro atoms. The normalized spacial score (nSPS) is 21.5. The zero-order valence-electron chi connectivity index (χ0n) is 15.1. The van der Waals surface area contributed by atoms with Crippen molar-refractivity contribution >= 4 is 29.7 Å². The number of nitrogens with one attached hydrogen (secondary N) is 2. The van der Waals surface area contributed by atoms with Crippen molar-refractivity contribution in [1.82, 2.24) is 14.9 Å². The molecule has 1 aromatic carbocycles. The number of carbonyl (C=O) groups is 1. The molecule has 2 aliphatic rings. The van der Waals surface area contributed by atoms with Crippen LogP contribution in [0.3, 0.4) is 0 Å². The number of halogens is 3. The van der Waals surface area contributed by atoms with Crippen LogP contribution in [0.25, 0.3) is 0 Å². The van der Waals surface area contributed by atoms with Crippen molar-refractivity contribution in [2.24, 2.45) is 0 Å². The summed E-state index contributed by atoms with van der Waals surface area (Å²) in [5.74, 6) is -1.90. The third-order valence-corrected chi connectivity index (χ3v) is 5.98. The number of H-pyrrole nitrogens is 1. The van der Waals surface area contributed by atoms with Gasteiger partial charge in [0, 0.05) is 36.0 Å². The number of ether oxygens (including phenoxy) is 1. The average Bonchev–Trinajstić information content (AvgIpc) is 3.21. The van der Waals surface area contributed by atoms with Gasteiger partial charge >= 0.3 is 0 Å². The van der Waals surface area contributed by atoms with Gasteiger partial charge in [-0.3, -0.25) is 4.79 Å². The predicted molar refractivity (Wildman–Crippen MR) is 103 cm³/mol. The first kappa shape index (κ1) is 19.5. The monoisotopic (exact) mass is 427 g/mol. The molecule has 1 aromatic heterocycles. The van der Waals surface area contributed by atoms with E-state index < -0.39 is 17.6 Å². The Morgan fingerprint density at radius 3 is 3.00 bits per heavy atom. The van der Waals surface area contributed by atoms with E-state index >= 15 is 0 Å². The summed E-state index contributed by atoms with van der Waals surface area (Å²) in [6, 6.07) is 2.40. The molecule has 2 aromatic rings. The quantitative estimate of drug-likeness (QED) is 0.578. The van der Waals surface area contributed by atoms with E-state index in [1.165, 1.54) is 12.1 Å². The zero-order valence-corrected chi connectivity index (χ0v) is 16.6. The van der Waals surface area contributed by atoms with Gasteiger partial charge in [0.05, 0.1) is 24.1 Å². The fraction of sp³-hybridized carbons (Fsp3) is 0.474. The molecule has 0 aliphatic carbocycles. The second kappa shape index (κ2) is 7.93. The minimum absolute atomic E-state index is 0.0160. The number of fused-ring (bicyclic) bond motifs is 1. The number of imidazole rings is 1. The molecule has 9 heteroatoms. The molecule has 0 radical (unpaired) electrons. The minimum atomic E-state index is -0.732. The fourth-order valence-corrected chi connectivity index (χ4v) is 4.52. The average molecular weight is 428 g/mol. The summed E-state index contributed by atoms with van der Waals surface area (Å²) in [7, 11) is 0. The molecular formula is C19H20ClF2N3O2S. The predicted octanol–water partition coefficient (Wildman–Crippen LogP) is 3.65. The summed E-state index contributed by atoms with van der Waals surface area (Å²) in [4.78, 5) is 15.5. The SMILES string of the molecule is O=C(Cc1[nH]c(=S)n2c1C[C@@H](c1c(F)ccc(Cl)c1F)C2)N[C@@H]1CCCOC1. The van der Waals surface area contributed by atoms with Crippen molar-refractivity contribution in [3.8, 4) is 0 Å². The number of aromatic amines is 1. The van der Waals surface area contributed by atoms with Crippen LogP contribution in [0.1, 0.15) is 35.7 Å². The molecule has 0 unspecified atom stereocenters. The van der Waals surface area contributed by atoms with Crippen molar-refractivity contribution in [1.29, 1.82) is 0 Å². The van der Waals surface area contributed by atoms with Gasteiger partial charge in [-0.05, 0) is 43.6 Å². The van der Waals surface area contributed by atoms with E-state index in [1.807, 2.05) is 4.57 Å². The van der Waals surface area contributed by atoms with E-state index in [-0.39, 0.29) is 29.0 Å². The summed E-state index contributed by atoms with van der Waals surface area (Å²) in [6.07, 6.45) is 2.34. The number of nitrogens with zero attached hydrogens (tertiary/aromatic N) is 1. The second-order valence-electron chi connectivity index (χ2n) is 7.28. The lowest BCUT2D eigenvalue weighted by Crippen LogP contribution is -2.41. The highest BCUT2D eigenvalue weighted by atomic mass is 35.5. The zero-order chi connectivity index (χ0) is 19.8. The Kier molecular flexibility index (Phi) is 5.53. The van der Waals surface area contributed by atoms with Crippen molar-refractivity contribution < 1.29 is 18.3 Å². The first-order valence-corrected chi connectivity index (χ1v) is 10.0. The molecule has 3 heterocycles. The molecule has 0 bridgehead atoms. The van der Waals surface area contributed by atoms with E-state index in [4.69, 9.17) is 28.6 Å². The van der Waals surface area contributed by atoms with Crippen molar-refractivity contribution in [2.45, 2.75) is 44.2 Å². The van der Waals surface area contributed by atoms with E-state index in [2.05, 4.69) is 10.3 Å². The maximum Gasteiger partial charge on any atom is 0.226 e. The Morgan fingerprint density at radius 2 is 2.25 bits per heavy atom. The Balaban J connectivity index is 1.52. The molecule has 2 aliphatic heterocycles. The van der Waals surface area contributed by atoms with E-state index in [0.717, 1.165) is 25.1 Å². The smallest absolute Gasteiger partial charge is 0.226 e. The standard InChI is InChI=1S/C19H20ClF2N3O2S/c20-12-3-4-13(21)17(18(12)22)10-6-15-14(24-19(28)25(15)8-10)7-16(26)23-11-2-1-5-27-9-11/h3-4,10-11H,1-2,5-9H2,(H,23,26)(H,24,28)/t10-,11-/m1/s1. The van der Waals surface area contributed by atoms with Crippen LogP contribution in [0.4, 0.5) is 8.78 Å². The molecule has 1 saturated heterocycles. The summed E-state index contributed by atoms with van der Waals surface area (Å²) in [6.45, 7) is 1.59. The molecule has 1 fully saturated rings. The summed E-state index contributed by atoms with van der Waals surface area (Å²) in [5, 5.41) is 2.87. The highest BCUT2D eigenvalue weighted by molar-refractivity contribution is 7.71. The Labute approximate surface area is 171 Å². The van der Waals surface area contributed by atoms with Crippen LogP contribution >= 0.6 is 23.8 Å². The van der Waals surface area contributed by atoms with Gasteiger partial charge in [-0.15, -0.1) is 0 Å². The highest BCUT2D eigenvalue weighted by Crippen LogP contribution is 2.36. The molecule has 5 nitrogen and oxygen atoms in total. The number of aromatic nitrogens is 2. The van der Waals surface area contributed by atoms with Gasteiger partial charge in [0.1, 0.15) is 11.6 Å². The van der Waals surface area contributed by atoms with Gasteiger partial charge in [0.25, 0.3) is 0 Å². The summed E-state index contributed by atoms with van der Waals surface area (Å²) >= 11 is 11.2. The lowest BCUT2D eigenvalue weighted by atomic mass is 9.95. The lowest BCUT2D eigenvalue weighted by Gasteiger charge is -2.23. The first-order chi connectivity index (χ1) is 13.4. The minimum Gasteiger partial charge on any atom is -0.379 e. The Morgan fingerprint density at radius 1 is 1.43 bits per heavy atom. The highest BCUT2D eigenvalue weighted by Gasteiger charge is 2.32.